The van der Waals surface area contributed by atoms with Crippen molar-refractivity contribution in [1.82, 2.24) is 9.88 Å². The third-order valence-corrected chi connectivity index (χ3v) is 5.06. The maximum atomic E-state index is 6.13. The zero-order valence-corrected chi connectivity index (χ0v) is 14.1. The number of likely N-dealkylation sites (tertiary alicyclic amines) is 1. The maximum absolute atomic E-state index is 6.13. The summed E-state index contributed by atoms with van der Waals surface area (Å²) < 4.78 is 12.2. The highest BCUT2D eigenvalue weighted by Gasteiger charge is 2.48. The van der Waals surface area contributed by atoms with Crippen LogP contribution in [0.2, 0.25) is 0 Å². The van der Waals surface area contributed by atoms with Gasteiger partial charge in [0, 0.05) is 38.7 Å². The monoisotopic (exact) mass is 324 g/mol. The number of rotatable bonds is 4. The highest BCUT2D eigenvalue weighted by atomic mass is 16.5. The van der Waals surface area contributed by atoms with E-state index in [9.17, 15) is 0 Å². The molecule has 2 aromatic rings. The molecule has 2 fully saturated rings. The van der Waals surface area contributed by atoms with E-state index in [4.69, 9.17) is 9.47 Å². The van der Waals surface area contributed by atoms with Crippen molar-refractivity contribution in [2.24, 2.45) is 0 Å². The molecule has 2 saturated heterocycles. The summed E-state index contributed by atoms with van der Waals surface area (Å²) >= 11 is 0. The molecule has 0 bridgehead atoms. The maximum Gasteiger partial charge on any atom is 0.138 e. The summed E-state index contributed by atoms with van der Waals surface area (Å²) in [5.41, 5.74) is 2.75. The predicted octanol–water partition coefficient (Wildman–Crippen LogP) is 3.20. The van der Waals surface area contributed by atoms with Crippen molar-refractivity contribution in [3.05, 3.63) is 59.9 Å². The van der Waals surface area contributed by atoms with Gasteiger partial charge in [-0.25, -0.2) is 0 Å². The molecule has 24 heavy (non-hydrogen) atoms. The molecule has 4 heteroatoms. The van der Waals surface area contributed by atoms with E-state index in [2.05, 4.69) is 41.1 Å². The van der Waals surface area contributed by atoms with Gasteiger partial charge >= 0.3 is 0 Å². The van der Waals surface area contributed by atoms with Gasteiger partial charge in [-0.3, -0.25) is 9.88 Å². The van der Waals surface area contributed by atoms with Crippen LogP contribution >= 0.6 is 0 Å². The number of aromatic nitrogens is 1. The fourth-order valence-corrected chi connectivity index (χ4v) is 3.82. The van der Waals surface area contributed by atoms with Crippen molar-refractivity contribution in [2.45, 2.75) is 38.0 Å². The van der Waals surface area contributed by atoms with Crippen molar-refractivity contribution < 1.29 is 9.47 Å². The van der Waals surface area contributed by atoms with Crippen LogP contribution in [0.3, 0.4) is 0 Å². The second-order valence-corrected chi connectivity index (χ2v) is 7.02. The molecule has 1 unspecified atom stereocenters. The van der Waals surface area contributed by atoms with Gasteiger partial charge in [0.05, 0.1) is 18.4 Å². The molecular weight excluding hydrogens is 300 g/mol. The van der Waals surface area contributed by atoms with Gasteiger partial charge in [0.2, 0.25) is 0 Å². The van der Waals surface area contributed by atoms with E-state index in [1.807, 2.05) is 12.1 Å². The van der Waals surface area contributed by atoms with Gasteiger partial charge in [0.25, 0.3) is 0 Å². The van der Waals surface area contributed by atoms with Gasteiger partial charge in [-0.1, -0.05) is 24.3 Å². The van der Waals surface area contributed by atoms with Gasteiger partial charge in [0.15, 0.2) is 0 Å². The number of ether oxygens (including phenoxy) is 2. The Morgan fingerprint density at radius 1 is 1.25 bits per heavy atom. The van der Waals surface area contributed by atoms with Crippen LogP contribution in [0.15, 0.2) is 48.8 Å². The van der Waals surface area contributed by atoms with Crippen LogP contribution in [-0.2, 0) is 11.3 Å². The molecule has 2 aliphatic rings. The van der Waals surface area contributed by atoms with E-state index in [1.54, 1.807) is 12.4 Å². The summed E-state index contributed by atoms with van der Waals surface area (Å²) in [6.45, 7) is 5.96. The Morgan fingerprint density at radius 2 is 2.12 bits per heavy atom. The van der Waals surface area contributed by atoms with Crippen LogP contribution in [0.4, 0.5) is 0 Å². The third kappa shape index (κ3) is 3.30. The number of hydrogen-bond acceptors (Lipinski definition) is 4. The lowest BCUT2D eigenvalue weighted by Gasteiger charge is -2.53. The van der Waals surface area contributed by atoms with E-state index in [1.165, 1.54) is 11.1 Å². The highest BCUT2D eigenvalue weighted by molar-refractivity contribution is 5.26. The standard InChI is InChI=1S/C20H24N2O2/c1-16-5-2-3-6-17(16)13-22-14-20(15-22)11-18(8-10-23-20)24-19-7-4-9-21-12-19/h2-7,9,12,18H,8,10-11,13-15H2,1H3. The summed E-state index contributed by atoms with van der Waals surface area (Å²) in [5.74, 6) is 0.857. The Balaban J connectivity index is 1.33. The van der Waals surface area contributed by atoms with Crippen molar-refractivity contribution in [2.75, 3.05) is 19.7 Å². The van der Waals surface area contributed by atoms with Gasteiger partial charge in [0.1, 0.15) is 11.9 Å². The Hall–Kier alpha value is -1.91. The summed E-state index contributed by atoms with van der Waals surface area (Å²) in [6.07, 6.45) is 5.70. The van der Waals surface area contributed by atoms with Gasteiger partial charge < -0.3 is 9.47 Å². The molecule has 1 aromatic carbocycles. The quantitative estimate of drug-likeness (QED) is 0.865. The molecule has 2 aliphatic heterocycles. The molecule has 0 radical (unpaired) electrons. The van der Waals surface area contributed by atoms with Crippen LogP contribution < -0.4 is 4.74 Å². The van der Waals surface area contributed by atoms with Crippen LogP contribution in [0.5, 0.6) is 5.75 Å². The van der Waals surface area contributed by atoms with Gasteiger partial charge in [-0.05, 0) is 30.2 Å². The molecule has 4 rings (SSSR count). The smallest absolute Gasteiger partial charge is 0.138 e. The second-order valence-electron chi connectivity index (χ2n) is 7.02. The first-order chi connectivity index (χ1) is 11.7. The minimum Gasteiger partial charge on any atom is -0.489 e. The Labute approximate surface area is 143 Å². The summed E-state index contributed by atoms with van der Waals surface area (Å²) in [5, 5.41) is 0. The Kier molecular flexibility index (Phi) is 4.25. The zero-order chi connectivity index (χ0) is 16.4. The fourth-order valence-electron chi connectivity index (χ4n) is 3.82. The molecule has 4 nitrogen and oxygen atoms in total. The normalized spacial score (nSPS) is 23.0. The molecule has 1 atom stereocenters. The van der Waals surface area contributed by atoms with E-state index >= 15 is 0 Å². The molecule has 3 heterocycles. The van der Waals surface area contributed by atoms with Crippen molar-refractivity contribution >= 4 is 0 Å². The average molecular weight is 324 g/mol. The SMILES string of the molecule is Cc1ccccc1CN1CC2(CC(Oc3cccnc3)CCO2)C1. The second kappa shape index (κ2) is 6.54. The Bertz CT molecular complexity index is 683. The first-order valence-corrected chi connectivity index (χ1v) is 8.70. The zero-order valence-electron chi connectivity index (χ0n) is 14.1. The molecule has 1 aromatic heterocycles. The minimum absolute atomic E-state index is 0.0200. The van der Waals surface area contributed by atoms with E-state index in [-0.39, 0.29) is 11.7 Å². The minimum atomic E-state index is -0.0200. The van der Waals surface area contributed by atoms with E-state index in [0.717, 1.165) is 44.8 Å². The number of nitrogens with zero attached hydrogens (tertiary/aromatic N) is 2. The molecular formula is C20H24N2O2. The molecule has 1 spiro atoms. The average Bonchev–Trinajstić information content (AvgIpc) is 2.57. The number of benzene rings is 1. The molecule has 0 N–H and O–H groups in total. The first-order valence-electron chi connectivity index (χ1n) is 8.70. The fraction of sp³-hybridized carbons (Fsp3) is 0.450. The highest BCUT2D eigenvalue weighted by Crippen LogP contribution is 2.36. The van der Waals surface area contributed by atoms with Crippen molar-refractivity contribution in [3.8, 4) is 5.75 Å². The molecule has 0 saturated carbocycles. The van der Waals surface area contributed by atoms with Crippen molar-refractivity contribution in [3.63, 3.8) is 0 Å². The number of aryl methyl sites for hydroxylation is 1. The lowest BCUT2D eigenvalue weighted by Crippen LogP contribution is -2.65. The third-order valence-electron chi connectivity index (χ3n) is 5.06. The van der Waals surface area contributed by atoms with Crippen LogP contribution in [0, 0.1) is 6.92 Å². The summed E-state index contributed by atoms with van der Waals surface area (Å²) in [7, 11) is 0. The molecule has 126 valence electrons. The van der Waals surface area contributed by atoms with Crippen LogP contribution in [0.25, 0.3) is 0 Å². The van der Waals surface area contributed by atoms with Crippen LogP contribution in [-0.4, -0.2) is 41.3 Å². The summed E-state index contributed by atoms with van der Waals surface area (Å²) in [6, 6.07) is 12.5. The topological polar surface area (TPSA) is 34.6 Å². The Morgan fingerprint density at radius 3 is 2.92 bits per heavy atom. The van der Waals surface area contributed by atoms with Crippen molar-refractivity contribution in [1.29, 1.82) is 0 Å². The summed E-state index contributed by atoms with van der Waals surface area (Å²) in [4.78, 5) is 6.59. The van der Waals surface area contributed by atoms with E-state index in [0.29, 0.717) is 0 Å². The first kappa shape index (κ1) is 15.6. The lowest BCUT2D eigenvalue weighted by molar-refractivity contribution is -0.188. The molecule has 0 aliphatic carbocycles. The number of pyridine rings is 1. The van der Waals surface area contributed by atoms with Gasteiger partial charge in [-0.15, -0.1) is 0 Å². The van der Waals surface area contributed by atoms with Crippen LogP contribution in [0.1, 0.15) is 24.0 Å². The largest absolute Gasteiger partial charge is 0.489 e. The predicted molar refractivity (Wildman–Crippen MR) is 93.0 cm³/mol. The van der Waals surface area contributed by atoms with Gasteiger partial charge in [-0.2, -0.15) is 0 Å². The lowest BCUT2D eigenvalue weighted by atomic mass is 9.84. The molecule has 0 amide bonds. The number of hydrogen-bond donors (Lipinski definition) is 0. The van der Waals surface area contributed by atoms with E-state index < -0.39 is 0 Å².